The lowest BCUT2D eigenvalue weighted by Gasteiger charge is -2.07. The molecule has 3 aromatic rings. The number of aryl methyl sites for hydroxylation is 1. The molecule has 0 saturated heterocycles. The maximum atomic E-state index is 12.4. The van der Waals surface area contributed by atoms with E-state index in [0.717, 1.165) is 5.69 Å². The molecule has 3 rings (SSSR count). The van der Waals surface area contributed by atoms with Gasteiger partial charge < -0.3 is 9.88 Å². The molecule has 0 spiro atoms. The number of amides is 1. The van der Waals surface area contributed by atoms with Crippen LogP contribution in [-0.4, -0.2) is 37.1 Å². The van der Waals surface area contributed by atoms with E-state index in [1.807, 2.05) is 12.3 Å². The number of nitrogens with zero attached hydrogens (tertiary/aromatic N) is 4. The molecule has 9 nitrogen and oxygen atoms in total. The first-order chi connectivity index (χ1) is 13.3. The van der Waals surface area contributed by atoms with Gasteiger partial charge in [0, 0.05) is 42.7 Å². The second kappa shape index (κ2) is 8.63. The van der Waals surface area contributed by atoms with Crippen molar-refractivity contribution >= 4 is 46.9 Å². The number of hydrogen-bond acceptors (Lipinski definition) is 8. The molecule has 12 heteroatoms. The summed E-state index contributed by atoms with van der Waals surface area (Å²) in [6.45, 7) is 2.19. The van der Waals surface area contributed by atoms with E-state index in [-0.39, 0.29) is 17.2 Å². The Morgan fingerprint density at radius 1 is 1.50 bits per heavy atom. The molecule has 28 heavy (non-hydrogen) atoms. The third-order valence-electron chi connectivity index (χ3n) is 3.82. The number of nitrogens with one attached hydrogen (secondary N) is 2. The van der Waals surface area contributed by atoms with Gasteiger partial charge in [-0.15, -0.1) is 11.3 Å². The highest BCUT2D eigenvalue weighted by Gasteiger charge is 2.19. The van der Waals surface area contributed by atoms with Gasteiger partial charge in [0.25, 0.3) is 11.6 Å². The number of nitro benzene ring substituents is 1. The summed E-state index contributed by atoms with van der Waals surface area (Å²) >= 11 is 7.67. The van der Waals surface area contributed by atoms with Crippen molar-refractivity contribution in [3.05, 3.63) is 55.5 Å². The highest BCUT2D eigenvalue weighted by atomic mass is 32.2. The van der Waals surface area contributed by atoms with Gasteiger partial charge in [0.15, 0.2) is 9.11 Å². The number of rotatable bonds is 7. The van der Waals surface area contributed by atoms with Crippen LogP contribution in [-0.2, 0) is 13.5 Å². The van der Waals surface area contributed by atoms with Gasteiger partial charge in [0.1, 0.15) is 5.82 Å². The Balaban J connectivity index is 1.70. The lowest BCUT2D eigenvalue weighted by Crippen LogP contribution is -2.26. The molecule has 0 radical (unpaired) electrons. The quantitative estimate of drug-likeness (QED) is 0.331. The van der Waals surface area contributed by atoms with E-state index in [1.165, 1.54) is 29.2 Å². The van der Waals surface area contributed by atoms with E-state index in [0.29, 0.717) is 32.8 Å². The molecule has 2 N–H and O–H groups in total. The predicted molar refractivity (Wildman–Crippen MR) is 109 cm³/mol. The summed E-state index contributed by atoms with van der Waals surface area (Å²) in [5, 5.41) is 22.8. The minimum atomic E-state index is -0.492. The highest BCUT2D eigenvalue weighted by Crippen LogP contribution is 2.36. The van der Waals surface area contributed by atoms with Gasteiger partial charge >= 0.3 is 0 Å². The zero-order valence-corrected chi connectivity index (χ0v) is 17.4. The van der Waals surface area contributed by atoms with Crippen LogP contribution < -0.4 is 5.32 Å². The van der Waals surface area contributed by atoms with Crippen LogP contribution in [0.3, 0.4) is 0 Å². The van der Waals surface area contributed by atoms with Gasteiger partial charge in [-0.1, -0.05) is 11.8 Å². The second-order valence-corrected chi connectivity index (χ2v) is 8.34. The van der Waals surface area contributed by atoms with Crippen molar-refractivity contribution in [2.75, 3.05) is 6.54 Å². The van der Waals surface area contributed by atoms with Crippen molar-refractivity contribution in [2.24, 2.45) is 7.05 Å². The fraction of sp³-hybridized carbons (Fsp3) is 0.250. The molecular weight excluding hydrogens is 420 g/mol. The van der Waals surface area contributed by atoms with E-state index in [4.69, 9.17) is 12.2 Å². The molecule has 1 amide bonds. The number of benzene rings is 1. The molecule has 0 bridgehead atoms. The summed E-state index contributed by atoms with van der Waals surface area (Å²) in [7, 11) is 1.78. The second-order valence-electron chi connectivity index (χ2n) is 5.81. The van der Waals surface area contributed by atoms with Crippen molar-refractivity contribution in [1.82, 2.24) is 25.1 Å². The number of nitro groups is 1. The Bertz CT molecular complexity index is 1090. The minimum absolute atomic E-state index is 0.125. The normalized spacial score (nSPS) is 10.8. The standard InChI is InChI=1S/C16H16N6O3S3/c1-9-8-27-16(18-9)28-12-4-3-10(7-11(12)22(24)25)14(23)17-6-5-13-19-20-15(26)21(13)2/h3-4,7-8H,5-6H2,1-2H3,(H,17,23)(H,20,26). The minimum Gasteiger partial charge on any atom is -0.352 e. The number of carbonyl (C=O) groups is 1. The van der Waals surface area contributed by atoms with E-state index >= 15 is 0 Å². The van der Waals surface area contributed by atoms with E-state index < -0.39 is 4.92 Å². The van der Waals surface area contributed by atoms with Gasteiger partial charge in [0.2, 0.25) is 0 Å². The number of carbonyl (C=O) groups excluding carboxylic acids is 1. The molecule has 146 valence electrons. The number of hydrogen-bond donors (Lipinski definition) is 2. The molecule has 2 heterocycles. The fourth-order valence-electron chi connectivity index (χ4n) is 2.35. The molecular formula is C16H16N6O3S3. The van der Waals surface area contributed by atoms with Crippen LogP contribution >= 0.6 is 35.3 Å². The summed E-state index contributed by atoms with van der Waals surface area (Å²) in [6, 6.07) is 4.43. The van der Waals surface area contributed by atoms with Gasteiger partial charge in [-0.25, -0.2) is 4.98 Å². The van der Waals surface area contributed by atoms with E-state index in [2.05, 4.69) is 20.5 Å². The number of thiazole rings is 1. The molecule has 1 aromatic carbocycles. The largest absolute Gasteiger partial charge is 0.352 e. The summed E-state index contributed by atoms with van der Waals surface area (Å²) in [5.41, 5.74) is 0.960. The average molecular weight is 437 g/mol. The van der Waals surface area contributed by atoms with Crippen LogP contribution in [0.4, 0.5) is 5.69 Å². The Kier molecular flexibility index (Phi) is 6.21. The van der Waals surface area contributed by atoms with Crippen LogP contribution in [0.1, 0.15) is 21.9 Å². The zero-order valence-electron chi connectivity index (χ0n) is 15.0. The molecule has 0 unspecified atom stereocenters. The van der Waals surface area contributed by atoms with Gasteiger partial charge in [-0.05, 0) is 31.3 Å². The van der Waals surface area contributed by atoms with Gasteiger partial charge in [-0.3, -0.25) is 20.0 Å². The van der Waals surface area contributed by atoms with Crippen molar-refractivity contribution < 1.29 is 9.72 Å². The monoisotopic (exact) mass is 436 g/mol. The summed E-state index contributed by atoms with van der Waals surface area (Å²) in [5.74, 6) is 0.322. The fourth-order valence-corrected chi connectivity index (χ4v) is 4.38. The number of aromatic amines is 1. The lowest BCUT2D eigenvalue weighted by atomic mass is 10.2. The topological polar surface area (TPSA) is 119 Å². The van der Waals surface area contributed by atoms with Crippen LogP contribution in [0, 0.1) is 21.8 Å². The third kappa shape index (κ3) is 4.64. The molecule has 0 aliphatic heterocycles. The smallest absolute Gasteiger partial charge is 0.284 e. The third-order valence-corrected chi connectivity index (χ3v) is 6.31. The molecule has 0 fully saturated rings. The van der Waals surface area contributed by atoms with Crippen LogP contribution in [0.15, 0.2) is 32.8 Å². The highest BCUT2D eigenvalue weighted by molar-refractivity contribution is 8.01. The van der Waals surface area contributed by atoms with Crippen molar-refractivity contribution in [3.63, 3.8) is 0 Å². The molecule has 2 aromatic heterocycles. The first kappa shape index (κ1) is 20.2. The van der Waals surface area contributed by atoms with E-state index in [9.17, 15) is 14.9 Å². The van der Waals surface area contributed by atoms with Crippen LogP contribution in [0.2, 0.25) is 0 Å². The maximum Gasteiger partial charge on any atom is 0.284 e. The SMILES string of the molecule is Cc1csc(Sc2ccc(C(=O)NCCc3n[nH]c(=S)n3C)cc2[N+](=O)[O-])n1. The first-order valence-corrected chi connectivity index (χ1v) is 10.2. The molecule has 0 saturated carbocycles. The van der Waals surface area contributed by atoms with E-state index in [1.54, 1.807) is 23.7 Å². The van der Waals surface area contributed by atoms with Crippen LogP contribution in [0.5, 0.6) is 0 Å². The molecule has 0 aliphatic rings. The van der Waals surface area contributed by atoms with Crippen molar-refractivity contribution in [2.45, 2.75) is 22.6 Å². The molecule has 0 atom stereocenters. The average Bonchev–Trinajstić information content (AvgIpc) is 3.21. The predicted octanol–water partition coefficient (Wildman–Crippen LogP) is 3.27. The summed E-state index contributed by atoms with van der Waals surface area (Å²) < 4.78 is 2.94. The zero-order chi connectivity index (χ0) is 20.3. The Labute approximate surface area is 173 Å². The van der Waals surface area contributed by atoms with Crippen molar-refractivity contribution in [1.29, 1.82) is 0 Å². The number of aromatic nitrogens is 4. The Hall–Kier alpha value is -2.57. The van der Waals surface area contributed by atoms with Gasteiger partial charge in [-0.2, -0.15) is 5.10 Å². The van der Waals surface area contributed by atoms with Gasteiger partial charge in [0.05, 0.1) is 9.82 Å². The lowest BCUT2D eigenvalue weighted by molar-refractivity contribution is -0.387. The van der Waals surface area contributed by atoms with Crippen molar-refractivity contribution in [3.8, 4) is 0 Å². The molecule has 0 aliphatic carbocycles. The maximum absolute atomic E-state index is 12.4. The first-order valence-electron chi connectivity index (χ1n) is 8.12. The number of H-pyrrole nitrogens is 1. The summed E-state index contributed by atoms with van der Waals surface area (Å²) in [4.78, 5) is 28.1. The van der Waals surface area contributed by atoms with Crippen LogP contribution in [0.25, 0.3) is 0 Å². The Morgan fingerprint density at radius 2 is 2.29 bits per heavy atom. The summed E-state index contributed by atoms with van der Waals surface area (Å²) in [6.07, 6.45) is 0.481. The Morgan fingerprint density at radius 3 is 2.89 bits per heavy atom.